The minimum Gasteiger partial charge on any atom is -0.464 e. The van der Waals surface area contributed by atoms with E-state index in [-0.39, 0.29) is 11.6 Å². The first-order chi connectivity index (χ1) is 14.2. The Balaban J connectivity index is 2.13. The molecule has 0 saturated carbocycles. The van der Waals surface area contributed by atoms with Crippen molar-refractivity contribution in [2.24, 2.45) is 0 Å². The summed E-state index contributed by atoms with van der Waals surface area (Å²) in [4.78, 5) is 28.3. The quantitative estimate of drug-likeness (QED) is 0.563. The summed E-state index contributed by atoms with van der Waals surface area (Å²) in [7, 11) is 0. The van der Waals surface area contributed by atoms with E-state index in [4.69, 9.17) is 16.0 Å². The van der Waals surface area contributed by atoms with E-state index in [0.29, 0.717) is 28.7 Å². The van der Waals surface area contributed by atoms with Crippen LogP contribution in [0.4, 0.5) is 5.69 Å². The first kappa shape index (κ1) is 22.0. The minimum atomic E-state index is -1.04. The molecule has 2 amide bonds. The Morgan fingerprint density at radius 1 is 1.23 bits per heavy atom. The van der Waals surface area contributed by atoms with Gasteiger partial charge in [-0.2, -0.15) is 0 Å². The normalized spacial score (nSPS) is 12.4. The summed E-state index contributed by atoms with van der Waals surface area (Å²) in [5.74, 6) is 0.164. The van der Waals surface area contributed by atoms with Crippen LogP contribution in [0.2, 0.25) is 5.02 Å². The predicted molar refractivity (Wildman–Crippen MR) is 117 cm³/mol. The molecule has 3 aromatic rings. The molecular weight excluding hydrogens is 424 g/mol. The summed E-state index contributed by atoms with van der Waals surface area (Å²) in [5.41, 5.74) is 0.167. The number of nitrogens with zero attached hydrogens (tertiary/aromatic N) is 3. The number of furan rings is 1. The van der Waals surface area contributed by atoms with Crippen LogP contribution in [0.5, 0.6) is 0 Å². The predicted octanol–water partition coefficient (Wildman–Crippen LogP) is 4.79. The average Bonchev–Trinajstić information content (AvgIpc) is 3.38. The summed E-state index contributed by atoms with van der Waals surface area (Å²) in [6.45, 7) is 7.62. The second-order valence-electron chi connectivity index (χ2n) is 7.52. The Morgan fingerprint density at radius 3 is 2.47 bits per heavy atom. The van der Waals surface area contributed by atoms with E-state index in [0.717, 1.165) is 11.5 Å². The lowest BCUT2D eigenvalue weighted by molar-refractivity contribution is -0.124. The molecule has 2 heterocycles. The van der Waals surface area contributed by atoms with Gasteiger partial charge in [-0.1, -0.05) is 23.0 Å². The van der Waals surface area contributed by atoms with Crippen LogP contribution in [-0.2, 0) is 4.79 Å². The third kappa shape index (κ3) is 4.88. The number of nitrogens with one attached hydrogen (secondary N) is 1. The number of amides is 2. The van der Waals surface area contributed by atoms with E-state index in [1.165, 1.54) is 4.90 Å². The molecule has 2 aromatic heterocycles. The monoisotopic (exact) mass is 446 g/mol. The molecule has 0 bridgehead atoms. The van der Waals surface area contributed by atoms with E-state index >= 15 is 0 Å². The smallest absolute Gasteiger partial charge is 0.280 e. The Morgan fingerprint density at radius 2 is 1.93 bits per heavy atom. The van der Waals surface area contributed by atoms with Gasteiger partial charge in [-0.15, -0.1) is 5.10 Å². The van der Waals surface area contributed by atoms with Crippen LogP contribution in [0.1, 0.15) is 55.2 Å². The molecule has 0 spiro atoms. The lowest BCUT2D eigenvalue weighted by atomic mass is 10.0. The number of hydrogen-bond acceptors (Lipinski definition) is 6. The number of halogens is 1. The third-order valence-corrected chi connectivity index (χ3v) is 5.54. The van der Waals surface area contributed by atoms with Gasteiger partial charge in [0.15, 0.2) is 11.7 Å². The van der Waals surface area contributed by atoms with Gasteiger partial charge >= 0.3 is 0 Å². The van der Waals surface area contributed by atoms with Gasteiger partial charge in [0.2, 0.25) is 0 Å². The number of carbonyl (C=O) groups is 2. The van der Waals surface area contributed by atoms with Crippen molar-refractivity contribution in [2.45, 2.75) is 45.7 Å². The molecule has 0 aliphatic rings. The van der Waals surface area contributed by atoms with Gasteiger partial charge in [0.1, 0.15) is 11.5 Å². The molecule has 0 fully saturated rings. The van der Waals surface area contributed by atoms with Crippen LogP contribution in [0.25, 0.3) is 0 Å². The maximum Gasteiger partial charge on any atom is 0.280 e. The highest BCUT2D eigenvalue weighted by Crippen LogP contribution is 2.32. The molecule has 1 aromatic carbocycles. The van der Waals surface area contributed by atoms with Gasteiger partial charge in [0.05, 0.1) is 0 Å². The van der Waals surface area contributed by atoms with Crippen molar-refractivity contribution < 1.29 is 14.0 Å². The number of aromatic nitrogens is 2. The molecule has 3 rings (SSSR count). The summed E-state index contributed by atoms with van der Waals surface area (Å²) >= 11 is 7.10. The van der Waals surface area contributed by atoms with Crippen molar-refractivity contribution in [3.05, 3.63) is 64.0 Å². The molecule has 9 heteroatoms. The minimum absolute atomic E-state index is 0.144. The van der Waals surface area contributed by atoms with Crippen LogP contribution in [0, 0.1) is 6.92 Å². The molecule has 1 atom stereocenters. The average molecular weight is 447 g/mol. The molecule has 158 valence electrons. The molecule has 1 N–H and O–H groups in total. The van der Waals surface area contributed by atoms with Gasteiger partial charge in [-0.25, -0.2) is 0 Å². The molecule has 7 nitrogen and oxygen atoms in total. The Labute approximate surface area is 184 Å². The van der Waals surface area contributed by atoms with Crippen LogP contribution < -0.4 is 10.2 Å². The molecule has 0 saturated heterocycles. The van der Waals surface area contributed by atoms with Gasteiger partial charge < -0.3 is 9.73 Å². The highest BCUT2D eigenvalue weighted by molar-refractivity contribution is 7.03. The zero-order valence-corrected chi connectivity index (χ0v) is 18.8. The number of carbonyl (C=O) groups excluding carboxylic acids is 2. The van der Waals surface area contributed by atoms with Crippen molar-refractivity contribution in [1.29, 1.82) is 0 Å². The zero-order chi connectivity index (χ0) is 21.9. The van der Waals surface area contributed by atoms with E-state index < -0.39 is 17.5 Å². The molecule has 30 heavy (non-hydrogen) atoms. The molecule has 0 aliphatic heterocycles. The van der Waals surface area contributed by atoms with Crippen LogP contribution >= 0.6 is 23.1 Å². The van der Waals surface area contributed by atoms with Crippen LogP contribution in [0.3, 0.4) is 0 Å². The van der Waals surface area contributed by atoms with Crippen molar-refractivity contribution in [3.63, 3.8) is 0 Å². The van der Waals surface area contributed by atoms with Gasteiger partial charge in [0.25, 0.3) is 11.8 Å². The second-order valence-corrected chi connectivity index (χ2v) is 8.57. The van der Waals surface area contributed by atoms with Gasteiger partial charge in [-0.3, -0.25) is 14.5 Å². The molecule has 0 aliphatic carbocycles. The Hall–Kier alpha value is -2.71. The van der Waals surface area contributed by atoms with Crippen molar-refractivity contribution >= 4 is 40.6 Å². The first-order valence-electron chi connectivity index (χ1n) is 9.46. The van der Waals surface area contributed by atoms with E-state index in [9.17, 15) is 9.59 Å². The first-order valence-corrected chi connectivity index (χ1v) is 10.7. The van der Waals surface area contributed by atoms with Crippen molar-refractivity contribution in [3.8, 4) is 0 Å². The lowest BCUT2D eigenvalue weighted by Crippen LogP contribution is -2.50. The summed E-state index contributed by atoms with van der Waals surface area (Å²) in [6.07, 6.45) is 0.716. The fourth-order valence-electron chi connectivity index (χ4n) is 2.83. The van der Waals surface area contributed by atoms with Crippen molar-refractivity contribution in [1.82, 2.24) is 14.9 Å². The van der Waals surface area contributed by atoms with Crippen LogP contribution in [-0.4, -0.2) is 26.9 Å². The van der Waals surface area contributed by atoms with E-state index in [2.05, 4.69) is 14.9 Å². The van der Waals surface area contributed by atoms with Gasteiger partial charge in [-0.05, 0) is 75.1 Å². The maximum atomic E-state index is 13.5. The Bertz CT molecular complexity index is 1020. The fraction of sp³-hybridized carbons (Fsp3) is 0.333. The summed E-state index contributed by atoms with van der Waals surface area (Å²) in [6, 6.07) is 9.11. The number of anilines is 1. The van der Waals surface area contributed by atoms with E-state index in [1.54, 1.807) is 48.7 Å². The summed E-state index contributed by atoms with van der Waals surface area (Å²) < 4.78 is 9.58. The van der Waals surface area contributed by atoms with Crippen molar-refractivity contribution in [2.75, 3.05) is 4.90 Å². The van der Waals surface area contributed by atoms with Crippen LogP contribution in [0.15, 0.2) is 46.2 Å². The molecule has 0 radical (unpaired) electrons. The number of aryl methyl sites for hydroxylation is 1. The van der Waals surface area contributed by atoms with E-state index in [1.807, 2.05) is 20.8 Å². The maximum absolute atomic E-state index is 13.5. The Kier molecular flexibility index (Phi) is 6.58. The largest absolute Gasteiger partial charge is 0.464 e. The zero-order valence-electron chi connectivity index (χ0n) is 17.2. The number of benzene rings is 1. The molecular formula is C21H23ClN4O3S. The highest BCUT2D eigenvalue weighted by atomic mass is 35.5. The number of rotatable bonds is 7. The lowest BCUT2D eigenvalue weighted by Gasteiger charge is -2.33. The molecule has 1 unspecified atom stereocenters. The fourth-order valence-corrected chi connectivity index (χ4v) is 3.39. The highest BCUT2D eigenvalue weighted by Gasteiger charge is 2.38. The standard InChI is InChI=1S/C21H23ClN4O3S/c1-5-21(3,4)23-19(27)18(17-11-6-13(2)29-17)26(15-9-7-14(22)8-10-15)20(28)16-12-30-25-24-16/h6-12,18H,5H2,1-4H3,(H,23,27). The topological polar surface area (TPSA) is 88.3 Å². The SMILES string of the molecule is CCC(C)(C)NC(=O)C(c1ccc(C)o1)N(C(=O)c1csnn1)c1ccc(Cl)cc1. The summed E-state index contributed by atoms with van der Waals surface area (Å²) in [5, 5.41) is 8.99. The second kappa shape index (κ2) is 8.97. The number of hydrogen-bond donors (Lipinski definition) is 1. The van der Waals surface area contributed by atoms with Gasteiger partial charge in [0, 0.05) is 21.6 Å². The third-order valence-electron chi connectivity index (χ3n) is 4.79.